The molecule has 0 amide bonds. The summed E-state index contributed by atoms with van der Waals surface area (Å²) in [5.41, 5.74) is 0.309. The van der Waals surface area contributed by atoms with E-state index in [1.807, 2.05) is 0 Å². The fourth-order valence-corrected chi connectivity index (χ4v) is 1.85. The van der Waals surface area contributed by atoms with Gasteiger partial charge in [0, 0.05) is 11.6 Å². The Bertz CT molecular complexity index is 600. The maximum Gasteiger partial charge on any atom is 0.141 e. The topological polar surface area (TPSA) is 29.5 Å². The third-order valence-corrected chi connectivity index (χ3v) is 3.18. The van der Waals surface area contributed by atoms with Crippen LogP contribution in [0.1, 0.15) is 18.6 Å². The van der Waals surface area contributed by atoms with Gasteiger partial charge in [0.15, 0.2) is 0 Å². The number of rotatable bonds is 3. The van der Waals surface area contributed by atoms with Gasteiger partial charge in [0.05, 0.1) is 10.6 Å². The SMILES string of the molecule is C[C@H](O)c1cc(F)ccc1Oc1ccc(Br)c(F)c1. The molecule has 0 aliphatic heterocycles. The van der Waals surface area contributed by atoms with Crippen molar-refractivity contribution in [2.75, 3.05) is 0 Å². The fourth-order valence-electron chi connectivity index (χ4n) is 1.61. The van der Waals surface area contributed by atoms with Crippen molar-refractivity contribution in [2.24, 2.45) is 0 Å². The van der Waals surface area contributed by atoms with E-state index in [9.17, 15) is 13.9 Å². The molecule has 1 N–H and O–H groups in total. The number of ether oxygens (including phenoxy) is 1. The molecule has 2 aromatic rings. The second-order valence-electron chi connectivity index (χ2n) is 4.04. The van der Waals surface area contributed by atoms with Crippen LogP contribution >= 0.6 is 15.9 Å². The van der Waals surface area contributed by atoms with E-state index in [2.05, 4.69) is 15.9 Å². The van der Waals surface area contributed by atoms with Gasteiger partial charge in [-0.1, -0.05) is 0 Å². The summed E-state index contributed by atoms with van der Waals surface area (Å²) in [6, 6.07) is 8.10. The lowest BCUT2D eigenvalue weighted by atomic mass is 10.1. The molecule has 0 spiro atoms. The first-order chi connectivity index (χ1) is 8.97. The van der Waals surface area contributed by atoms with Crippen LogP contribution in [0.2, 0.25) is 0 Å². The molecule has 2 aromatic carbocycles. The molecule has 0 saturated carbocycles. The van der Waals surface area contributed by atoms with Gasteiger partial charge >= 0.3 is 0 Å². The Hall–Kier alpha value is -1.46. The van der Waals surface area contributed by atoms with E-state index in [-0.39, 0.29) is 11.5 Å². The van der Waals surface area contributed by atoms with Crippen molar-refractivity contribution in [1.82, 2.24) is 0 Å². The molecule has 0 bridgehead atoms. The summed E-state index contributed by atoms with van der Waals surface area (Å²) in [7, 11) is 0. The minimum Gasteiger partial charge on any atom is -0.457 e. The lowest BCUT2D eigenvalue weighted by Crippen LogP contribution is -1.97. The molecule has 19 heavy (non-hydrogen) atoms. The number of hydrogen-bond donors (Lipinski definition) is 1. The van der Waals surface area contributed by atoms with Crippen LogP contribution in [0.25, 0.3) is 0 Å². The fraction of sp³-hybridized carbons (Fsp3) is 0.143. The molecule has 2 nitrogen and oxygen atoms in total. The lowest BCUT2D eigenvalue weighted by molar-refractivity contribution is 0.195. The summed E-state index contributed by atoms with van der Waals surface area (Å²) in [5, 5.41) is 9.58. The number of halogens is 3. The normalized spacial score (nSPS) is 12.3. The Balaban J connectivity index is 2.35. The summed E-state index contributed by atoms with van der Waals surface area (Å²) in [5.74, 6) is -0.365. The standard InChI is InChI=1S/C14H11BrF2O2/c1-8(18)11-6-9(16)2-5-14(11)19-10-3-4-12(15)13(17)7-10/h2-8,18H,1H3/t8-/m0/s1. The highest BCUT2D eigenvalue weighted by Gasteiger charge is 2.12. The van der Waals surface area contributed by atoms with E-state index in [0.29, 0.717) is 10.0 Å². The van der Waals surface area contributed by atoms with Crippen molar-refractivity contribution >= 4 is 15.9 Å². The highest BCUT2D eigenvalue weighted by Crippen LogP contribution is 2.31. The molecule has 1 atom stereocenters. The quantitative estimate of drug-likeness (QED) is 0.894. The first-order valence-corrected chi connectivity index (χ1v) is 6.37. The molecule has 0 radical (unpaired) electrons. The Morgan fingerprint density at radius 3 is 2.53 bits per heavy atom. The van der Waals surface area contributed by atoms with Gasteiger partial charge in [-0.25, -0.2) is 8.78 Å². The zero-order valence-corrected chi connectivity index (χ0v) is 11.6. The van der Waals surface area contributed by atoms with Crippen molar-refractivity contribution < 1.29 is 18.6 Å². The summed E-state index contributed by atoms with van der Waals surface area (Å²) in [6.45, 7) is 1.50. The van der Waals surface area contributed by atoms with Gasteiger partial charge in [-0.15, -0.1) is 0 Å². The molecule has 100 valence electrons. The molecule has 0 saturated heterocycles. The highest BCUT2D eigenvalue weighted by molar-refractivity contribution is 9.10. The van der Waals surface area contributed by atoms with Crippen molar-refractivity contribution in [3.05, 3.63) is 58.1 Å². The zero-order valence-electron chi connectivity index (χ0n) is 10.0. The van der Waals surface area contributed by atoms with E-state index in [1.165, 1.54) is 37.3 Å². The maximum absolute atomic E-state index is 13.4. The Morgan fingerprint density at radius 2 is 1.89 bits per heavy atom. The van der Waals surface area contributed by atoms with E-state index >= 15 is 0 Å². The molecule has 5 heteroatoms. The van der Waals surface area contributed by atoms with Crippen LogP contribution in [-0.4, -0.2) is 5.11 Å². The number of benzene rings is 2. The Labute approximate surface area is 117 Å². The van der Waals surface area contributed by atoms with Gasteiger partial charge in [0.2, 0.25) is 0 Å². The summed E-state index contributed by atoms with van der Waals surface area (Å²) >= 11 is 3.04. The molecule has 0 unspecified atom stereocenters. The molecular weight excluding hydrogens is 318 g/mol. The van der Waals surface area contributed by atoms with E-state index in [0.717, 1.165) is 0 Å². The highest BCUT2D eigenvalue weighted by atomic mass is 79.9. The van der Waals surface area contributed by atoms with Crippen molar-refractivity contribution in [3.8, 4) is 11.5 Å². The predicted molar refractivity (Wildman–Crippen MR) is 71.2 cm³/mol. The van der Waals surface area contributed by atoms with E-state index in [4.69, 9.17) is 4.74 Å². The van der Waals surface area contributed by atoms with Gasteiger partial charge < -0.3 is 9.84 Å². The second kappa shape index (κ2) is 5.67. The molecule has 2 rings (SSSR count). The summed E-state index contributed by atoms with van der Waals surface area (Å²) < 4.78 is 32.3. The van der Waals surface area contributed by atoms with E-state index in [1.54, 1.807) is 6.07 Å². The van der Waals surface area contributed by atoms with E-state index < -0.39 is 17.7 Å². The number of hydrogen-bond acceptors (Lipinski definition) is 2. The van der Waals surface area contributed by atoms with Crippen LogP contribution in [0.4, 0.5) is 8.78 Å². The molecule has 0 fully saturated rings. The van der Waals surface area contributed by atoms with Gasteiger partial charge in [-0.05, 0) is 53.2 Å². The van der Waals surface area contributed by atoms with Crippen LogP contribution in [0, 0.1) is 11.6 Å². The second-order valence-corrected chi connectivity index (χ2v) is 4.89. The average molecular weight is 329 g/mol. The Morgan fingerprint density at radius 1 is 1.16 bits per heavy atom. The number of aliphatic hydroxyl groups is 1. The first kappa shape index (κ1) is 14.0. The van der Waals surface area contributed by atoms with Gasteiger partial charge in [0.25, 0.3) is 0 Å². The van der Waals surface area contributed by atoms with Crippen LogP contribution in [0.15, 0.2) is 40.9 Å². The lowest BCUT2D eigenvalue weighted by Gasteiger charge is -2.13. The first-order valence-electron chi connectivity index (χ1n) is 5.58. The largest absolute Gasteiger partial charge is 0.457 e. The van der Waals surface area contributed by atoms with Crippen molar-refractivity contribution in [3.63, 3.8) is 0 Å². The van der Waals surface area contributed by atoms with Crippen LogP contribution < -0.4 is 4.74 Å². The average Bonchev–Trinajstić information content (AvgIpc) is 2.36. The Kier molecular flexibility index (Phi) is 4.17. The maximum atomic E-state index is 13.4. The van der Waals surface area contributed by atoms with Crippen LogP contribution in [-0.2, 0) is 0 Å². The minimum atomic E-state index is -0.883. The molecule has 0 heterocycles. The zero-order chi connectivity index (χ0) is 14.0. The van der Waals surface area contributed by atoms with Gasteiger partial charge in [0.1, 0.15) is 23.1 Å². The van der Waals surface area contributed by atoms with Crippen molar-refractivity contribution in [2.45, 2.75) is 13.0 Å². The summed E-state index contributed by atoms with van der Waals surface area (Å²) in [6.07, 6.45) is -0.883. The minimum absolute atomic E-state index is 0.272. The number of aliphatic hydroxyl groups excluding tert-OH is 1. The molecular formula is C14H11BrF2O2. The van der Waals surface area contributed by atoms with Gasteiger partial charge in [-0.3, -0.25) is 0 Å². The summed E-state index contributed by atoms with van der Waals surface area (Å²) in [4.78, 5) is 0. The third-order valence-electron chi connectivity index (χ3n) is 2.54. The predicted octanol–water partition coefficient (Wildman–Crippen LogP) is 4.57. The molecule has 0 aliphatic carbocycles. The monoisotopic (exact) mass is 328 g/mol. The smallest absolute Gasteiger partial charge is 0.141 e. The third kappa shape index (κ3) is 3.30. The van der Waals surface area contributed by atoms with Crippen molar-refractivity contribution in [1.29, 1.82) is 0 Å². The van der Waals surface area contributed by atoms with Crippen LogP contribution in [0.5, 0.6) is 11.5 Å². The van der Waals surface area contributed by atoms with Gasteiger partial charge in [-0.2, -0.15) is 0 Å². The molecule has 0 aliphatic rings. The van der Waals surface area contributed by atoms with Crippen LogP contribution in [0.3, 0.4) is 0 Å². The molecule has 0 aromatic heterocycles.